The highest BCUT2D eigenvalue weighted by atomic mass is 79.9. The fourth-order valence-electron chi connectivity index (χ4n) is 1.87. The molecular formula is C14H13BrN4. The topological polar surface area (TPSA) is 74.7 Å². The van der Waals surface area contributed by atoms with Gasteiger partial charge in [-0.2, -0.15) is 5.26 Å². The van der Waals surface area contributed by atoms with Gasteiger partial charge in [0.05, 0.1) is 11.3 Å². The molecule has 0 spiro atoms. The maximum absolute atomic E-state index is 8.79. The molecule has 1 heterocycles. The van der Waals surface area contributed by atoms with Crippen LogP contribution in [0.15, 0.2) is 28.9 Å². The minimum atomic E-state index is 0.451. The standard InChI is InChI=1S/C14H13BrN4/c1-8-3-11(15)4-9(2)13(8)19-14-12(17)5-10(6-16)7-18-14/h3-5,7H,17H2,1-2H3,(H,18,19). The van der Waals surface area contributed by atoms with Crippen molar-refractivity contribution in [3.8, 4) is 6.07 Å². The predicted octanol–water partition coefficient (Wildman–Crippen LogP) is 3.66. The van der Waals surface area contributed by atoms with Gasteiger partial charge in [0, 0.05) is 16.4 Å². The summed E-state index contributed by atoms with van der Waals surface area (Å²) in [6.45, 7) is 4.03. The van der Waals surface area contributed by atoms with Crippen molar-refractivity contribution in [3.63, 3.8) is 0 Å². The molecule has 0 radical (unpaired) electrons. The molecule has 0 fully saturated rings. The Morgan fingerprint density at radius 2 is 1.89 bits per heavy atom. The van der Waals surface area contributed by atoms with Gasteiger partial charge in [-0.1, -0.05) is 15.9 Å². The molecule has 3 N–H and O–H groups in total. The Morgan fingerprint density at radius 3 is 2.42 bits per heavy atom. The Labute approximate surface area is 120 Å². The second-order valence-corrected chi connectivity index (χ2v) is 5.23. The summed E-state index contributed by atoms with van der Waals surface area (Å²) in [6, 6.07) is 7.67. The highest BCUT2D eigenvalue weighted by Gasteiger charge is 2.08. The van der Waals surface area contributed by atoms with Crippen LogP contribution >= 0.6 is 15.9 Å². The Bertz CT molecular complexity index is 651. The molecule has 96 valence electrons. The maximum atomic E-state index is 8.79. The number of rotatable bonds is 2. The van der Waals surface area contributed by atoms with Crippen molar-refractivity contribution in [2.24, 2.45) is 0 Å². The molecule has 0 bridgehead atoms. The third-order valence-electron chi connectivity index (χ3n) is 2.79. The number of halogens is 1. The number of aryl methyl sites for hydroxylation is 2. The fourth-order valence-corrected chi connectivity index (χ4v) is 2.56. The van der Waals surface area contributed by atoms with Crippen molar-refractivity contribution < 1.29 is 0 Å². The molecule has 0 aliphatic heterocycles. The first-order chi connectivity index (χ1) is 9.01. The van der Waals surface area contributed by atoms with Crippen LogP contribution in [0.3, 0.4) is 0 Å². The van der Waals surface area contributed by atoms with Gasteiger partial charge in [0.25, 0.3) is 0 Å². The summed E-state index contributed by atoms with van der Waals surface area (Å²) in [7, 11) is 0. The van der Waals surface area contributed by atoms with Gasteiger partial charge in [0.15, 0.2) is 5.82 Å². The minimum Gasteiger partial charge on any atom is -0.396 e. The molecule has 19 heavy (non-hydrogen) atoms. The molecule has 0 aliphatic rings. The van der Waals surface area contributed by atoms with Crippen molar-refractivity contribution >= 4 is 33.1 Å². The maximum Gasteiger partial charge on any atom is 0.153 e. The quantitative estimate of drug-likeness (QED) is 0.886. The molecule has 1 aromatic heterocycles. The van der Waals surface area contributed by atoms with Gasteiger partial charge in [-0.25, -0.2) is 4.98 Å². The third-order valence-corrected chi connectivity index (χ3v) is 3.24. The van der Waals surface area contributed by atoms with Gasteiger partial charge in [-0.3, -0.25) is 0 Å². The molecule has 0 unspecified atom stereocenters. The van der Waals surface area contributed by atoms with Crippen LogP contribution in [0.1, 0.15) is 16.7 Å². The zero-order chi connectivity index (χ0) is 14.0. The lowest BCUT2D eigenvalue weighted by molar-refractivity contribution is 1.26. The number of nitrogens with two attached hydrogens (primary N) is 1. The lowest BCUT2D eigenvalue weighted by atomic mass is 10.1. The van der Waals surface area contributed by atoms with E-state index in [4.69, 9.17) is 11.0 Å². The number of pyridine rings is 1. The smallest absolute Gasteiger partial charge is 0.153 e. The SMILES string of the molecule is Cc1cc(Br)cc(C)c1Nc1ncc(C#N)cc1N. The fraction of sp³-hybridized carbons (Fsp3) is 0.143. The van der Waals surface area contributed by atoms with Crippen molar-refractivity contribution in [1.82, 2.24) is 4.98 Å². The number of anilines is 3. The van der Waals surface area contributed by atoms with E-state index in [2.05, 4.69) is 26.2 Å². The lowest BCUT2D eigenvalue weighted by Crippen LogP contribution is -2.02. The number of nitrogen functional groups attached to an aromatic ring is 1. The molecule has 1 aromatic carbocycles. The normalized spacial score (nSPS) is 10.0. The second kappa shape index (κ2) is 5.29. The summed E-state index contributed by atoms with van der Waals surface area (Å²) < 4.78 is 1.04. The molecule has 5 heteroatoms. The lowest BCUT2D eigenvalue weighted by Gasteiger charge is -2.14. The van der Waals surface area contributed by atoms with Gasteiger partial charge < -0.3 is 11.1 Å². The molecule has 4 nitrogen and oxygen atoms in total. The summed E-state index contributed by atoms with van der Waals surface area (Å²) in [6.07, 6.45) is 1.50. The van der Waals surface area contributed by atoms with Crippen molar-refractivity contribution in [3.05, 3.63) is 45.6 Å². The zero-order valence-electron chi connectivity index (χ0n) is 10.7. The first kappa shape index (κ1) is 13.4. The highest BCUT2D eigenvalue weighted by Crippen LogP contribution is 2.29. The van der Waals surface area contributed by atoms with E-state index in [9.17, 15) is 0 Å². The second-order valence-electron chi connectivity index (χ2n) is 4.31. The van der Waals surface area contributed by atoms with E-state index in [0.717, 1.165) is 21.3 Å². The van der Waals surface area contributed by atoms with Crippen LogP contribution in [0, 0.1) is 25.2 Å². The van der Waals surface area contributed by atoms with Crippen LogP contribution in [0.2, 0.25) is 0 Å². The number of nitrogens with zero attached hydrogens (tertiary/aromatic N) is 2. The van der Waals surface area contributed by atoms with Crippen molar-refractivity contribution in [2.75, 3.05) is 11.1 Å². The summed E-state index contributed by atoms with van der Waals surface area (Å²) in [5.41, 5.74) is 9.97. The van der Waals surface area contributed by atoms with Gasteiger partial charge in [0.2, 0.25) is 0 Å². The third kappa shape index (κ3) is 2.85. The van der Waals surface area contributed by atoms with Crippen LogP contribution in [0.5, 0.6) is 0 Å². The molecule has 0 saturated heterocycles. The number of hydrogen-bond acceptors (Lipinski definition) is 4. The van der Waals surface area contributed by atoms with E-state index >= 15 is 0 Å². The molecular weight excluding hydrogens is 304 g/mol. The van der Waals surface area contributed by atoms with Crippen LogP contribution in [-0.4, -0.2) is 4.98 Å². The zero-order valence-corrected chi connectivity index (χ0v) is 12.2. The summed E-state index contributed by atoms with van der Waals surface area (Å²) >= 11 is 3.46. The van der Waals surface area contributed by atoms with Crippen molar-refractivity contribution in [2.45, 2.75) is 13.8 Å². The number of benzene rings is 1. The number of aromatic nitrogens is 1. The van der Waals surface area contributed by atoms with E-state index in [1.807, 2.05) is 32.0 Å². The van der Waals surface area contributed by atoms with Gasteiger partial charge in [-0.15, -0.1) is 0 Å². The van der Waals surface area contributed by atoms with E-state index in [0.29, 0.717) is 17.1 Å². The monoisotopic (exact) mass is 316 g/mol. The summed E-state index contributed by atoms with van der Waals surface area (Å²) in [4.78, 5) is 4.18. The molecule has 2 rings (SSSR count). The Kier molecular flexibility index (Phi) is 3.72. The summed E-state index contributed by atoms with van der Waals surface area (Å²) in [5.74, 6) is 0.563. The summed E-state index contributed by atoms with van der Waals surface area (Å²) in [5, 5.41) is 12.0. The first-order valence-corrected chi connectivity index (χ1v) is 6.50. The van der Waals surface area contributed by atoms with Crippen LogP contribution < -0.4 is 11.1 Å². The molecule has 0 atom stereocenters. The number of hydrogen-bond donors (Lipinski definition) is 2. The van der Waals surface area contributed by atoms with Gasteiger partial charge >= 0.3 is 0 Å². The Balaban J connectivity index is 2.40. The van der Waals surface area contributed by atoms with E-state index in [1.54, 1.807) is 6.07 Å². The molecule has 0 amide bonds. The average Bonchev–Trinajstić information content (AvgIpc) is 2.35. The number of nitriles is 1. The largest absolute Gasteiger partial charge is 0.396 e. The van der Waals surface area contributed by atoms with Crippen LogP contribution in [0.4, 0.5) is 17.2 Å². The highest BCUT2D eigenvalue weighted by molar-refractivity contribution is 9.10. The van der Waals surface area contributed by atoms with Crippen LogP contribution in [-0.2, 0) is 0 Å². The predicted molar refractivity (Wildman–Crippen MR) is 80.3 cm³/mol. The van der Waals surface area contributed by atoms with Crippen molar-refractivity contribution in [1.29, 1.82) is 5.26 Å². The molecule has 2 aromatic rings. The molecule has 0 aliphatic carbocycles. The minimum absolute atomic E-state index is 0.451. The van der Waals surface area contributed by atoms with E-state index in [-0.39, 0.29) is 0 Å². The number of nitrogens with one attached hydrogen (secondary N) is 1. The Hall–Kier alpha value is -2.06. The van der Waals surface area contributed by atoms with Gasteiger partial charge in [0.1, 0.15) is 6.07 Å². The van der Waals surface area contributed by atoms with Crippen LogP contribution in [0.25, 0.3) is 0 Å². The van der Waals surface area contributed by atoms with E-state index < -0.39 is 0 Å². The van der Waals surface area contributed by atoms with E-state index in [1.165, 1.54) is 6.20 Å². The molecule has 0 saturated carbocycles. The van der Waals surface area contributed by atoms with Gasteiger partial charge in [-0.05, 0) is 43.2 Å². The average molecular weight is 317 g/mol. The Morgan fingerprint density at radius 1 is 1.26 bits per heavy atom. The first-order valence-electron chi connectivity index (χ1n) is 5.70.